The Bertz CT molecular complexity index is 514. The second-order valence-electron chi connectivity index (χ2n) is 6.02. The summed E-state index contributed by atoms with van der Waals surface area (Å²) in [5.74, 6) is 1.70. The molecule has 4 nitrogen and oxygen atoms in total. The van der Waals surface area contributed by atoms with Crippen LogP contribution in [-0.2, 0) is 0 Å². The smallest absolute Gasteiger partial charge is 0.130 e. The average molecular weight is 270 g/mol. The van der Waals surface area contributed by atoms with Gasteiger partial charge in [-0.25, -0.2) is 4.98 Å². The highest BCUT2D eigenvalue weighted by Gasteiger charge is 2.29. The van der Waals surface area contributed by atoms with Crippen LogP contribution in [-0.4, -0.2) is 30.7 Å². The van der Waals surface area contributed by atoms with Gasteiger partial charge in [-0.15, -0.1) is 0 Å². The molecule has 4 heteroatoms. The van der Waals surface area contributed by atoms with Gasteiger partial charge < -0.3 is 10.2 Å². The third-order valence-electron chi connectivity index (χ3n) is 4.52. The Morgan fingerprint density at radius 3 is 3.00 bits per heavy atom. The van der Waals surface area contributed by atoms with Crippen LogP contribution >= 0.6 is 0 Å². The molecule has 0 aliphatic carbocycles. The molecule has 3 rings (SSSR count). The van der Waals surface area contributed by atoms with Crippen molar-refractivity contribution < 1.29 is 0 Å². The fourth-order valence-corrected chi connectivity index (χ4v) is 3.54. The number of anilines is 1. The van der Waals surface area contributed by atoms with Crippen LogP contribution in [0.1, 0.15) is 36.9 Å². The van der Waals surface area contributed by atoms with Crippen molar-refractivity contribution in [2.75, 3.05) is 24.5 Å². The van der Waals surface area contributed by atoms with Crippen LogP contribution in [0.3, 0.4) is 0 Å². The normalized spacial score (nSPS) is 26.5. The number of piperidine rings is 1. The van der Waals surface area contributed by atoms with Gasteiger partial charge in [0.15, 0.2) is 0 Å². The molecule has 2 aliphatic heterocycles. The van der Waals surface area contributed by atoms with E-state index in [9.17, 15) is 0 Å². The second kappa shape index (κ2) is 5.80. The van der Waals surface area contributed by atoms with E-state index in [2.05, 4.69) is 21.3 Å². The Hall–Kier alpha value is -1.60. The lowest BCUT2D eigenvalue weighted by molar-refractivity contribution is 0.328. The van der Waals surface area contributed by atoms with Crippen molar-refractivity contribution in [3.63, 3.8) is 0 Å². The van der Waals surface area contributed by atoms with Crippen molar-refractivity contribution in [3.8, 4) is 6.07 Å². The highest BCUT2D eigenvalue weighted by molar-refractivity contribution is 5.47. The van der Waals surface area contributed by atoms with Crippen molar-refractivity contribution in [2.45, 2.75) is 38.6 Å². The van der Waals surface area contributed by atoms with Crippen LogP contribution in [0.5, 0.6) is 0 Å². The Balaban J connectivity index is 1.76. The van der Waals surface area contributed by atoms with Gasteiger partial charge in [0.05, 0.1) is 11.6 Å². The van der Waals surface area contributed by atoms with Crippen LogP contribution in [0.25, 0.3) is 0 Å². The maximum absolute atomic E-state index is 9.10. The molecule has 1 aromatic rings. The van der Waals surface area contributed by atoms with E-state index in [0.29, 0.717) is 11.6 Å². The molecule has 2 aliphatic rings. The molecule has 0 radical (unpaired) electrons. The first-order valence-corrected chi connectivity index (χ1v) is 7.63. The molecule has 0 bridgehead atoms. The molecular formula is C16H22N4. The summed E-state index contributed by atoms with van der Waals surface area (Å²) in [5, 5.41) is 12.7. The minimum absolute atomic E-state index is 0.679. The number of hydrogen-bond acceptors (Lipinski definition) is 4. The molecule has 2 atom stereocenters. The Morgan fingerprint density at radius 1 is 1.35 bits per heavy atom. The summed E-state index contributed by atoms with van der Waals surface area (Å²) < 4.78 is 0. The van der Waals surface area contributed by atoms with Crippen molar-refractivity contribution in [2.24, 2.45) is 5.92 Å². The fraction of sp³-hybridized carbons (Fsp3) is 0.625. The summed E-state index contributed by atoms with van der Waals surface area (Å²) >= 11 is 0. The van der Waals surface area contributed by atoms with Gasteiger partial charge in [0.1, 0.15) is 5.82 Å². The van der Waals surface area contributed by atoms with Crippen molar-refractivity contribution in [1.29, 1.82) is 5.26 Å². The Kier molecular flexibility index (Phi) is 3.88. The summed E-state index contributed by atoms with van der Waals surface area (Å²) in [5.41, 5.74) is 1.65. The van der Waals surface area contributed by atoms with E-state index in [-0.39, 0.29) is 0 Å². The number of pyridine rings is 1. The molecule has 1 N–H and O–H groups in total. The number of rotatable bonds is 2. The Labute approximate surface area is 120 Å². The quantitative estimate of drug-likeness (QED) is 0.895. The summed E-state index contributed by atoms with van der Waals surface area (Å²) in [6.45, 7) is 5.26. The van der Waals surface area contributed by atoms with Gasteiger partial charge >= 0.3 is 0 Å². The molecular weight excluding hydrogens is 248 g/mol. The second-order valence-corrected chi connectivity index (χ2v) is 6.02. The molecule has 3 heterocycles. The predicted molar refractivity (Wildman–Crippen MR) is 79.7 cm³/mol. The fourth-order valence-electron chi connectivity index (χ4n) is 3.54. The van der Waals surface area contributed by atoms with Crippen molar-refractivity contribution >= 4 is 5.82 Å². The summed E-state index contributed by atoms with van der Waals surface area (Å²) in [4.78, 5) is 6.98. The lowest BCUT2D eigenvalue weighted by Crippen LogP contribution is -2.43. The molecule has 1 aromatic heterocycles. The Morgan fingerprint density at radius 2 is 2.25 bits per heavy atom. The number of nitriles is 1. The molecule has 20 heavy (non-hydrogen) atoms. The van der Waals surface area contributed by atoms with Gasteiger partial charge in [-0.05, 0) is 57.2 Å². The first-order valence-electron chi connectivity index (χ1n) is 7.63. The standard InChI is InChI=1S/C16H22N4/c1-12-8-13(10-17)9-16(19-12)20-7-3-4-14(11-20)15-5-2-6-18-15/h8-9,14-15,18H,2-7,11H2,1H3. The zero-order valence-corrected chi connectivity index (χ0v) is 12.1. The maximum atomic E-state index is 9.10. The first-order chi connectivity index (χ1) is 9.76. The monoisotopic (exact) mass is 270 g/mol. The average Bonchev–Trinajstić information content (AvgIpc) is 3.01. The van der Waals surface area contributed by atoms with Gasteiger partial charge in [-0.1, -0.05) is 0 Å². The van der Waals surface area contributed by atoms with E-state index in [1.165, 1.54) is 32.2 Å². The van der Waals surface area contributed by atoms with E-state index in [1.807, 2.05) is 19.1 Å². The van der Waals surface area contributed by atoms with Crippen LogP contribution < -0.4 is 10.2 Å². The van der Waals surface area contributed by atoms with E-state index in [0.717, 1.165) is 30.5 Å². The molecule has 0 saturated carbocycles. The number of nitrogens with zero attached hydrogens (tertiary/aromatic N) is 3. The molecule has 0 amide bonds. The number of nitrogens with one attached hydrogen (secondary N) is 1. The van der Waals surface area contributed by atoms with E-state index in [4.69, 9.17) is 5.26 Å². The molecule has 0 aromatic carbocycles. The minimum Gasteiger partial charge on any atom is -0.356 e. The van der Waals surface area contributed by atoms with Crippen LogP contribution in [0, 0.1) is 24.2 Å². The predicted octanol–water partition coefficient (Wildman–Crippen LogP) is 2.23. The largest absolute Gasteiger partial charge is 0.356 e. The molecule has 106 valence electrons. The zero-order valence-electron chi connectivity index (χ0n) is 12.1. The summed E-state index contributed by atoms with van der Waals surface area (Å²) in [6, 6.07) is 6.69. The van der Waals surface area contributed by atoms with E-state index >= 15 is 0 Å². The highest BCUT2D eigenvalue weighted by Crippen LogP contribution is 2.27. The maximum Gasteiger partial charge on any atom is 0.130 e. The van der Waals surface area contributed by atoms with Crippen molar-refractivity contribution in [3.05, 3.63) is 23.4 Å². The number of aryl methyl sites for hydroxylation is 1. The molecule has 2 saturated heterocycles. The number of hydrogen-bond donors (Lipinski definition) is 1. The minimum atomic E-state index is 0.679. The van der Waals surface area contributed by atoms with E-state index in [1.54, 1.807) is 0 Å². The first kappa shape index (κ1) is 13.4. The topological polar surface area (TPSA) is 52.0 Å². The molecule has 2 fully saturated rings. The molecule has 2 unspecified atom stereocenters. The lowest BCUT2D eigenvalue weighted by Gasteiger charge is -2.36. The SMILES string of the molecule is Cc1cc(C#N)cc(N2CCCC(C3CCCN3)C2)n1. The van der Waals surface area contributed by atoms with Gasteiger partial charge in [-0.3, -0.25) is 0 Å². The van der Waals surface area contributed by atoms with Gasteiger partial charge in [0.25, 0.3) is 0 Å². The molecule has 0 spiro atoms. The zero-order chi connectivity index (χ0) is 13.9. The summed E-state index contributed by atoms with van der Waals surface area (Å²) in [7, 11) is 0. The third kappa shape index (κ3) is 2.78. The van der Waals surface area contributed by atoms with Gasteiger partial charge in [0.2, 0.25) is 0 Å². The van der Waals surface area contributed by atoms with Gasteiger partial charge in [-0.2, -0.15) is 5.26 Å². The highest BCUT2D eigenvalue weighted by atomic mass is 15.2. The van der Waals surface area contributed by atoms with Crippen LogP contribution in [0.2, 0.25) is 0 Å². The van der Waals surface area contributed by atoms with Crippen LogP contribution in [0.15, 0.2) is 12.1 Å². The van der Waals surface area contributed by atoms with E-state index < -0.39 is 0 Å². The third-order valence-corrected chi connectivity index (χ3v) is 4.52. The number of aromatic nitrogens is 1. The lowest BCUT2D eigenvalue weighted by atomic mass is 9.90. The van der Waals surface area contributed by atoms with Crippen LogP contribution in [0.4, 0.5) is 5.82 Å². The van der Waals surface area contributed by atoms with Crippen molar-refractivity contribution in [1.82, 2.24) is 10.3 Å². The van der Waals surface area contributed by atoms with Gasteiger partial charge in [0, 0.05) is 24.8 Å². The summed E-state index contributed by atoms with van der Waals surface area (Å²) in [6.07, 6.45) is 5.15.